The number of urea groups is 1. The molecule has 0 saturated carbocycles. The van der Waals surface area contributed by atoms with E-state index in [1.165, 1.54) is 0 Å². The zero-order chi connectivity index (χ0) is 17.4. The molecule has 0 aromatic heterocycles. The smallest absolute Gasteiger partial charge is 0.320 e. The van der Waals surface area contributed by atoms with Gasteiger partial charge in [-0.2, -0.15) is 0 Å². The van der Waals surface area contributed by atoms with E-state index in [1.807, 2.05) is 49.4 Å². The van der Waals surface area contributed by atoms with Crippen LogP contribution in [-0.4, -0.2) is 23.4 Å². The highest BCUT2D eigenvalue weighted by atomic mass is 16.2. The topological polar surface area (TPSA) is 87.5 Å². The lowest BCUT2D eigenvalue weighted by molar-refractivity contribution is 0.0953. The minimum absolute atomic E-state index is 0.146. The summed E-state index contributed by atoms with van der Waals surface area (Å²) in [5.41, 5.74) is 4.28. The molecule has 0 heterocycles. The zero-order valence-electron chi connectivity index (χ0n) is 13.7. The van der Waals surface area contributed by atoms with Gasteiger partial charge in [0.05, 0.1) is 0 Å². The van der Waals surface area contributed by atoms with Crippen LogP contribution in [0, 0.1) is 0 Å². The van der Waals surface area contributed by atoms with Crippen LogP contribution in [0.5, 0.6) is 0 Å². The third kappa shape index (κ3) is 4.82. The van der Waals surface area contributed by atoms with E-state index >= 15 is 0 Å². The molecule has 2 aromatic rings. The molecule has 4 N–H and O–H groups in total. The molecule has 0 aliphatic carbocycles. The summed E-state index contributed by atoms with van der Waals surface area (Å²) in [5, 5.41) is 2.89. The van der Waals surface area contributed by atoms with Crippen molar-refractivity contribution in [1.82, 2.24) is 10.3 Å². The van der Waals surface area contributed by atoms with Crippen LogP contribution in [0.1, 0.15) is 29.3 Å². The maximum atomic E-state index is 12.5. The first-order chi connectivity index (χ1) is 11.6. The van der Waals surface area contributed by atoms with Crippen LogP contribution in [0.25, 0.3) is 0 Å². The summed E-state index contributed by atoms with van der Waals surface area (Å²) >= 11 is 0. The number of benzene rings is 2. The van der Waals surface area contributed by atoms with Crippen molar-refractivity contribution in [2.75, 3.05) is 11.9 Å². The largest absolute Gasteiger partial charge is 0.322 e. The Kier molecular flexibility index (Phi) is 6.33. The summed E-state index contributed by atoms with van der Waals surface area (Å²) in [6.45, 7) is 3.14. The molecule has 6 nitrogen and oxygen atoms in total. The Labute approximate surface area is 141 Å². The average Bonchev–Trinajstić information content (AvgIpc) is 2.62. The fourth-order valence-electron chi connectivity index (χ4n) is 2.31. The number of nitrogen functional groups attached to an aromatic ring is 1. The number of rotatable bonds is 6. The predicted molar refractivity (Wildman–Crippen MR) is 94.3 cm³/mol. The molecule has 0 fully saturated rings. The third-order valence-corrected chi connectivity index (χ3v) is 3.53. The van der Waals surface area contributed by atoms with Gasteiger partial charge in [-0.3, -0.25) is 10.2 Å². The van der Waals surface area contributed by atoms with Gasteiger partial charge >= 0.3 is 6.03 Å². The second kappa shape index (κ2) is 8.69. The molecule has 0 unspecified atom stereocenters. The number of carbonyl (C=O) groups excluding carboxylic acids is 2. The summed E-state index contributed by atoms with van der Waals surface area (Å²) in [7, 11) is 0. The molecule has 0 bridgehead atoms. The van der Waals surface area contributed by atoms with E-state index in [2.05, 4.69) is 10.7 Å². The van der Waals surface area contributed by atoms with E-state index < -0.39 is 0 Å². The lowest BCUT2D eigenvalue weighted by Gasteiger charge is -2.23. The van der Waals surface area contributed by atoms with Gasteiger partial charge in [0.25, 0.3) is 5.91 Å². The monoisotopic (exact) mass is 326 g/mol. The van der Waals surface area contributed by atoms with E-state index in [4.69, 9.17) is 5.84 Å². The van der Waals surface area contributed by atoms with Crippen LogP contribution in [0.3, 0.4) is 0 Å². The summed E-state index contributed by atoms with van der Waals surface area (Å²) in [5.74, 6) is 4.78. The van der Waals surface area contributed by atoms with Crippen molar-refractivity contribution in [2.24, 2.45) is 5.84 Å². The number of para-hydroxylation sites is 1. The molecule has 0 radical (unpaired) electrons. The summed E-state index contributed by atoms with van der Waals surface area (Å²) in [6.07, 6.45) is 0.857. The van der Waals surface area contributed by atoms with Crippen molar-refractivity contribution >= 4 is 17.6 Å². The van der Waals surface area contributed by atoms with E-state index in [0.29, 0.717) is 18.7 Å². The number of anilines is 1. The first-order valence-corrected chi connectivity index (χ1v) is 7.85. The highest BCUT2D eigenvalue weighted by Gasteiger charge is 2.13. The van der Waals surface area contributed by atoms with Gasteiger partial charge < -0.3 is 10.2 Å². The maximum Gasteiger partial charge on any atom is 0.322 e. The number of hydrazine groups is 1. The highest BCUT2D eigenvalue weighted by molar-refractivity contribution is 5.93. The second-order valence-electron chi connectivity index (χ2n) is 5.39. The molecule has 0 saturated heterocycles. The van der Waals surface area contributed by atoms with Crippen molar-refractivity contribution in [3.63, 3.8) is 0 Å². The number of carbonyl (C=O) groups is 2. The lowest BCUT2D eigenvalue weighted by Crippen LogP contribution is -2.35. The van der Waals surface area contributed by atoms with E-state index in [1.54, 1.807) is 17.0 Å². The van der Waals surface area contributed by atoms with Crippen LogP contribution in [-0.2, 0) is 6.54 Å². The number of amides is 3. The van der Waals surface area contributed by atoms with Crippen molar-refractivity contribution in [3.8, 4) is 0 Å². The molecule has 2 rings (SSSR count). The summed E-state index contributed by atoms with van der Waals surface area (Å²) < 4.78 is 0. The first-order valence-electron chi connectivity index (χ1n) is 7.85. The molecule has 3 amide bonds. The van der Waals surface area contributed by atoms with Gasteiger partial charge in [-0.05, 0) is 36.2 Å². The molecule has 6 heteroatoms. The number of nitrogens with zero attached hydrogens (tertiary/aromatic N) is 1. The van der Waals surface area contributed by atoms with Crippen LogP contribution in [0.15, 0.2) is 54.6 Å². The molecule has 0 atom stereocenters. The molecule has 24 heavy (non-hydrogen) atoms. The summed E-state index contributed by atoms with van der Waals surface area (Å²) in [6, 6.07) is 16.2. The average molecular weight is 326 g/mol. The SMILES string of the molecule is CCCN(Cc1ccc(C(=O)NN)cc1)C(=O)Nc1ccccc1. The highest BCUT2D eigenvalue weighted by Crippen LogP contribution is 2.11. The number of hydrogen-bond acceptors (Lipinski definition) is 3. The molecular formula is C18H22N4O2. The Morgan fingerprint density at radius 2 is 1.71 bits per heavy atom. The standard InChI is InChI=1S/C18H22N4O2/c1-2-12-22(18(24)20-16-6-4-3-5-7-16)13-14-8-10-15(11-9-14)17(23)21-19/h3-11H,2,12-13,19H2,1H3,(H,20,24)(H,21,23). The normalized spacial score (nSPS) is 10.1. The molecular weight excluding hydrogens is 304 g/mol. The number of hydrogen-bond donors (Lipinski definition) is 3. The summed E-state index contributed by atoms with van der Waals surface area (Å²) in [4.78, 5) is 25.7. The van der Waals surface area contributed by atoms with E-state index in [-0.39, 0.29) is 11.9 Å². The Hall–Kier alpha value is -2.86. The van der Waals surface area contributed by atoms with Crippen LogP contribution < -0.4 is 16.6 Å². The molecule has 0 aliphatic rings. The van der Waals surface area contributed by atoms with Gasteiger partial charge in [0.15, 0.2) is 0 Å². The predicted octanol–water partition coefficient (Wildman–Crippen LogP) is 2.73. The van der Waals surface area contributed by atoms with Crippen LogP contribution >= 0.6 is 0 Å². The van der Waals surface area contributed by atoms with Crippen LogP contribution in [0.4, 0.5) is 10.5 Å². The minimum atomic E-state index is -0.339. The van der Waals surface area contributed by atoms with Gasteiger partial charge in [0.1, 0.15) is 0 Å². The van der Waals surface area contributed by atoms with Gasteiger partial charge in [-0.1, -0.05) is 37.3 Å². The van der Waals surface area contributed by atoms with Gasteiger partial charge in [0.2, 0.25) is 0 Å². The van der Waals surface area contributed by atoms with Crippen molar-refractivity contribution in [3.05, 3.63) is 65.7 Å². The van der Waals surface area contributed by atoms with E-state index in [9.17, 15) is 9.59 Å². The molecule has 2 aromatic carbocycles. The van der Waals surface area contributed by atoms with Crippen molar-refractivity contribution < 1.29 is 9.59 Å². The molecule has 0 spiro atoms. The van der Waals surface area contributed by atoms with E-state index in [0.717, 1.165) is 17.7 Å². The van der Waals surface area contributed by atoms with Gasteiger partial charge in [-0.25, -0.2) is 10.6 Å². The van der Waals surface area contributed by atoms with Gasteiger partial charge in [0, 0.05) is 24.3 Å². The second-order valence-corrected chi connectivity index (χ2v) is 5.39. The van der Waals surface area contributed by atoms with Crippen molar-refractivity contribution in [2.45, 2.75) is 19.9 Å². The quantitative estimate of drug-likeness (QED) is 0.433. The number of nitrogens with one attached hydrogen (secondary N) is 2. The van der Waals surface area contributed by atoms with Crippen molar-refractivity contribution in [1.29, 1.82) is 0 Å². The first kappa shape index (κ1) is 17.5. The number of nitrogens with two attached hydrogens (primary N) is 1. The minimum Gasteiger partial charge on any atom is -0.320 e. The molecule has 0 aliphatic heterocycles. The Morgan fingerprint density at radius 3 is 2.29 bits per heavy atom. The third-order valence-electron chi connectivity index (χ3n) is 3.53. The zero-order valence-corrected chi connectivity index (χ0v) is 13.7. The fourth-order valence-corrected chi connectivity index (χ4v) is 2.31. The van der Waals surface area contributed by atoms with Gasteiger partial charge in [-0.15, -0.1) is 0 Å². The van der Waals surface area contributed by atoms with Crippen LogP contribution in [0.2, 0.25) is 0 Å². The fraction of sp³-hybridized carbons (Fsp3) is 0.222. The molecule has 126 valence electrons. The Balaban J connectivity index is 2.04. The maximum absolute atomic E-state index is 12.5. The Morgan fingerprint density at radius 1 is 1.04 bits per heavy atom. The Bertz CT molecular complexity index is 671. The lowest BCUT2D eigenvalue weighted by atomic mass is 10.1.